The fourth-order valence-electron chi connectivity index (χ4n) is 2.25. The molecule has 0 amide bonds. The summed E-state index contributed by atoms with van der Waals surface area (Å²) in [7, 11) is -0.171. The minimum atomic E-state index is -1.79. The Morgan fingerprint density at radius 3 is 2.15 bits per heavy atom. The lowest BCUT2D eigenvalue weighted by Crippen LogP contribution is -2.53. The lowest BCUT2D eigenvalue weighted by atomic mass is 9.86. The summed E-state index contributed by atoms with van der Waals surface area (Å²) in [6, 6.07) is 0. The number of hydrogen-bond donors (Lipinski definition) is 1. The predicted molar refractivity (Wildman–Crippen MR) is 83.2 cm³/mol. The number of ether oxygens (including phenoxy) is 2. The maximum Gasteiger partial charge on any atom is 0.192 e. The van der Waals surface area contributed by atoms with Crippen LogP contribution in [0.2, 0.25) is 18.1 Å². The lowest BCUT2D eigenvalue weighted by molar-refractivity contribution is -0.257. The van der Waals surface area contributed by atoms with Crippen LogP contribution in [-0.4, -0.2) is 45.6 Å². The maximum atomic E-state index is 10.3. The SMILES string of the molecule is CO[C@H]1O[C@H](CO[Si](C)(C)C(C)(C)C)[C@H](C)[C@@H](O)[C@H]1C. The number of hydrogen-bond acceptors (Lipinski definition) is 4. The predicted octanol–water partition coefficient (Wildman–Crippen LogP) is 3.01. The molecule has 1 aliphatic rings. The zero-order chi connectivity index (χ0) is 15.7. The largest absolute Gasteiger partial charge is 0.414 e. The molecule has 1 N–H and O–H groups in total. The second-order valence-corrected chi connectivity index (χ2v) is 12.4. The van der Waals surface area contributed by atoms with Crippen molar-refractivity contribution in [2.75, 3.05) is 13.7 Å². The quantitative estimate of drug-likeness (QED) is 0.811. The van der Waals surface area contributed by atoms with E-state index in [1.807, 2.05) is 13.8 Å². The second-order valence-electron chi connectivity index (χ2n) is 7.56. The summed E-state index contributed by atoms with van der Waals surface area (Å²) in [5, 5.41) is 10.5. The first-order valence-electron chi connectivity index (χ1n) is 7.51. The zero-order valence-corrected chi connectivity index (χ0v) is 15.3. The summed E-state index contributed by atoms with van der Waals surface area (Å²) in [6.45, 7) is 15.6. The van der Waals surface area contributed by atoms with Crippen molar-refractivity contribution in [2.24, 2.45) is 11.8 Å². The molecular weight excluding hydrogens is 272 g/mol. The van der Waals surface area contributed by atoms with E-state index in [0.29, 0.717) is 6.61 Å². The Kier molecular flexibility index (Phi) is 5.83. The third-order valence-electron chi connectivity index (χ3n) is 5.05. The fraction of sp³-hybridized carbons (Fsp3) is 1.00. The van der Waals surface area contributed by atoms with Gasteiger partial charge in [0.25, 0.3) is 0 Å². The van der Waals surface area contributed by atoms with Gasteiger partial charge in [0, 0.05) is 18.9 Å². The van der Waals surface area contributed by atoms with Crippen LogP contribution in [0.5, 0.6) is 0 Å². The average Bonchev–Trinajstić information content (AvgIpc) is 2.34. The van der Waals surface area contributed by atoms with E-state index in [1.165, 1.54) is 0 Å². The summed E-state index contributed by atoms with van der Waals surface area (Å²) < 4.78 is 17.5. The van der Waals surface area contributed by atoms with Gasteiger partial charge in [0.2, 0.25) is 0 Å². The molecule has 0 bridgehead atoms. The Morgan fingerprint density at radius 2 is 1.70 bits per heavy atom. The molecule has 4 nitrogen and oxygen atoms in total. The van der Waals surface area contributed by atoms with E-state index in [0.717, 1.165) is 0 Å². The van der Waals surface area contributed by atoms with Crippen LogP contribution >= 0.6 is 0 Å². The number of methoxy groups -OCH3 is 1. The third kappa shape index (κ3) is 3.83. The van der Waals surface area contributed by atoms with E-state index in [1.54, 1.807) is 7.11 Å². The zero-order valence-electron chi connectivity index (χ0n) is 14.3. The van der Waals surface area contributed by atoms with Crippen molar-refractivity contribution in [1.82, 2.24) is 0 Å². The van der Waals surface area contributed by atoms with Crippen LogP contribution in [0.3, 0.4) is 0 Å². The minimum Gasteiger partial charge on any atom is -0.414 e. The van der Waals surface area contributed by atoms with Crippen LogP contribution in [0.15, 0.2) is 0 Å². The van der Waals surface area contributed by atoms with Crippen molar-refractivity contribution in [3.8, 4) is 0 Å². The molecule has 1 fully saturated rings. The molecule has 0 aromatic carbocycles. The van der Waals surface area contributed by atoms with E-state index in [4.69, 9.17) is 13.9 Å². The van der Waals surface area contributed by atoms with Gasteiger partial charge in [0.1, 0.15) is 0 Å². The third-order valence-corrected chi connectivity index (χ3v) is 9.55. The second kappa shape index (κ2) is 6.44. The first-order chi connectivity index (χ1) is 9.01. The smallest absolute Gasteiger partial charge is 0.192 e. The number of aliphatic hydroxyl groups excluding tert-OH is 1. The van der Waals surface area contributed by atoms with Crippen molar-refractivity contribution < 1.29 is 19.0 Å². The molecule has 1 saturated heterocycles. The molecule has 1 aliphatic heterocycles. The standard InChI is InChI=1S/C15H32O4Si/c1-10-12(9-18-20(7,8)15(3,4)5)19-14(17-6)11(2)13(10)16/h10-14,16H,9H2,1-8H3/t10-,11+,12+,13+,14-/m0/s1. The normalized spacial score (nSPS) is 36.1. The molecule has 1 rings (SSSR count). The number of aliphatic hydroxyl groups is 1. The van der Waals surface area contributed by atoms with E-state index in [9.17, 15) is 5.11 Å². The van der Waals surface area contributed by atoms with Crippen molar-refractivity contribution in [3.63, 3.8) is 0 Å². The van der Waals surface area contributed by atoms with Crippen LogP contribution in [0.4, 0.5) is 0 Å². The van der Waals surface area contributed by atoms with Crippen LogP contribution in [0.25, 0.3) is 0 Å². The summed E-state index contributed by atoms with van der Waals surface area (Å²) >= 11 is 0. The van der Waals surface area contributed by atoms with Gasteiger partial charge in [-0.2, -0.15) is 0 Å². The molecule has 0 aromatic heterocycles. The van der Waals surface area contributed by atoms with Crippen molar-refractivity contribution >= 4 is 8.32 Å². The molecule has 5 heteroatoms. The molecule has 0 spiro atoms. The van der Waals surface area contributed by atoms with Gasteiger partial charge < -0.3 is 19.0 Å². The first kappa shape index (κ1) is 18.1. The average molecular weight is 305 g/mol. The Balaban J connectivity index is 2.68. The topological polar surface area (TPSA) is 47.9 Å². The maximum absolute atomic E-state index is 10.3. The van der Waals surface area contributed by atoms with E-state index in [-0.39, 0.29) is 29.3 Å². The highest BCUT2D eigenvalue weighted by Gasteiger charge is 2.43. The van der Waals surface area contributed by atoms with Gasteiger partial charge in [-0.15, -0.1) is 0 Å². The Bertz CT molecular complexity index is 311. The monoisotopic (exact) mass is 304 g/mol. The van der Waals surface area contributed by atoms with Crippen LogP contribution in [0.1, 0.15) is 34.6 Å². The lowest BCUT2D eigenvalue weighted by Gasteiger charge is -2.44. The van der Waals surface area contributed by atoms with Gasteiger partial charge in [0.05, 0.1) is 18.8 Å². The fourth-order valence-corrected chi connectivity index (χ4v) is 3.26. The highest BCUT2D eigenvalue weighted by molar-refractivity contribution is 6.74. The molecule has 1 heterocycles. The molecule has 0 radical (unpaired) electrons. The van der Waals surface area contributed by atoms with Crippen LogP contribution in [0, 0.1) is 11.8 Å². The van der Waals surface area contributed by atoms with Crippen molar-refractivity contribution in [1.29, 1.82) is 0 Å². The molecule has 0 aliphatic carbocycles. The molecule has 0 aromatic rings. The summed E-state index contributed by atoms with van der Waals surface area (Å²) in [5.41, 5.74) is 0. The van der Waals surface area contributed by atoms with Gasteiger partial charge in [0.15, 0.2) is 14.6 Å². The highest BCUT2D eigenvalue weighted by atomic mass is 28.4. The van der Waals surface area contributed by atoms with Gasteiger partial charge in [-0.25, -0.2) is 0 Å². The van der Waals surface area contributed by atoms with Gasteiger partial charge in [-0.05, 0) is 18.1 Å². The Labute approximate surface area is 124 Å². The van der Waals surface area contributed by atoms with E-state index >= 15 is 0 Å². The van der Waals surface area contributed by atoms with Gasteiger partial charge >= 0.3 is 0 Å². The molecule has 20 heavy (non-hydrogen) atoms. The molecule has 0 unspecified atom stereocenters. The molecule has 120 valence electrons. The minimum absolute atomic E-state index is 0.0147. The Hall–Kier alpha value is 0.0569. The van der Waals surface area contributed by atoms with Crippen molar-refractivity contribution in [3.05, 3.63) is 0 Å². The van der Waals surface area contributed by atoms with E-state index in [2.05, 4.69) is 33.9 Å². The molecular formula is C15H32O4Si. The van der Waals surface area contributed by atoms with E-state index < -0.39 is 14.4 Å². The summed E-state index contributed by atoms with van der Waals surface area (Å²) in [6.07, 6.45) is -0.879. The molecule has 0 saturated carbocycles. The van der Waals surface area contributed by atoms with Gasteiger partial charge in [-0.3, -0.25) is 0 Å². The van der Waals surface area contributed by atoms with Crippen LogP contribution < -0.4 is 0 Å². The summed E-state index contributed by atoms with van der Waals surface area (Å²) in [5.74, 6) is 0.0419. The highest BCUT2D eigenvalue weighted by Crippen LogP contribution is 2.38. The van der Waals surface area contributed by atoms with Crippen LogP contribution in [-0.2, 0) is 13.9 Å². The van der Waals surface area contributed by atoms with Crippen molar-refractivity contribution in [2.45, 2.75) is 71.2 Å². The molecule has 5 atom stereocenters. The summed E-state index contributed by atoms with van der Waals surface area (Å²) in [4.78, 5) is 0. The van der Waals surface area contributed by atoms with Gasteiger partial charge in [-0.1, -0.05) is 34.6 Å². The Morgan fingerprint density at radius 1 is 1.15 bits per heavy atom. The number of rotatable bonds is 4. The first-order valence-corrected chi connectivity index (χ1v) is 10.4.